The lowest BCUT2D eigenvalue weighted by molar-refractivity contribution is 0.296. The first kappa shape index (κ1) is 20.5. The molecule has 1 aromatic heterocycles. The van der Waals surface area contributed by atoms with E-state index < -0.39 is 0 Å². The molecule has 0 aliphatic heterocycles. The molecule has 0 radical (unpaired) electrons. The molecule has 0 unspecified atom stereocenters. The van der Waals surface area contributed by atoms with E-state index in [0.717, 1.165) is 41.3 Å². The van der Waals surface area contributed by atoms with Gasteiger partial charge in [0, 0.05) is 25.2 Å². The monoisotopic (exact) mass is 470 g/mol. The van der Waals surface area contributed by atoms with Gasteiger partial charge in [0.05, 0.1) is 13.2 Å². The molecule has 0 spiro atoms. The lowest BCUT2D eigenvalue weighted by Gasteiger charge is -2.15. The number of aliphatic imine (C=N–C) groups is 1. The second-order valence-electron chi connectivity index (χ2n) is 6.57. The van der Waals surface area contributed by atoms with Gasteiger partial charge in [-0.25, -0.2) is 0 Å². The molecule has 2 aromatic rings. The lowest BCUT2D eigenvalue weighted by atomic mass is 10.1. The third-order valence-electron chi connectivity index (χ3n) is 4.18. The molecule has 0 bridgehead atoms. The van der Waals surface area contributed by atoms with Crippen LogP contribution in [-0.2, 0) is 13.1 Å². The molecular weight excluding hydrogens is 443 g/mol. The van der Waals surface area contributed by atoms with E-state index in [2.05, 4.69) is 45.9 Å². The number of guanidine groups is 1. The molecule has 1 aromatic carbocycles. The number of aromatic nitrogens is 1. The largest absolute Gasteiger partial charge is 0.493 e. The van der Waals surface area contributed by atoms with Crippen molar-refractivity contribution in [2.24, 2.45) is 10.9 Å². The van der Waals surface area contributed by atoms with Gasteiger partial charge >= 0.3 is 0 Å². The number of hydrogen-bond donors (Lipinski definition) is 2. The van der Waals surface area contributed by atoms with Crippen LogP contribution in [0.5, 0.6) is 5.75 Å². The first-order chi connectivity index (χ1) is 12.1. The summed E-state index contributed by atoms with van der Waals surface area (Å²) in [6.07, 6.45) is 2.58. The van der Waals surface area contributed by atoms with Crippen molar-refractivity contribution < 1.29 is 9.26 Å². The van der Waals surface area contributed by atoms with Gasteiger partial charge in [-0.05, 0) is 44.2 Å². The minimum atomic E-state index is 0. The van der Waals surface area contributed by atoms with Gasteiger partial charge in [0.1, 0.15) is 17.2 Å². The second kappa shape index (κ2) is 9.80. The first-order valence-corrected chi connectivity index (χ1v) is 8.73. The fourth-order valence-corrected chi connectivity index (χ4v) is 2.51. The van der Waals surface area contributed by atoms with Crippen molar-refractivity contribution in [2.45, 2.75) is 39.8 Å². The van der Waals surface area contributed by atoms with Gasteiger partial charge in [-0.2, -0.15) is 0 Å². The molecule has 0 atom stereocenters. The quantitative estimate of drug-likeness (QED) is 0.368. The van der Waals surface area contributed by atoms with E-state index in [1.54, 1.807) is 7.05 Å². The highest BCUT2D eigenvalue weighted by Gasteiger charge is 2.22. The number of rotatable bonds is 7. The van der Waals surface area contributed by atoms with Gasteiger partial charge in [0.25, 0.3) is 0 Å². The molecule has 6 nitrogen and oxygen atoms in total. The van der Waals surface area contributed by atoms with Crippen molar-refractivity contribution in [3.8, 4) is 5.75 Å². The third kappa shape index (κ3) is 6.19. The van der Waals surface area contributed by atoms with Crippen LogP contribution in [0.3, 0.4) is 0 Å². The predicted octanol–water partition coefficient (Wildman–Crippen LogP) is 3.56. The predicted molar refractivity (Wildman–Crippen MR) is 113 cm³/mol. The Balaban J connectivity index is 0.00000243. The maximum Gasteiger partial charge on any atom is 0.191 e. The van der Waals surface area contributed by atoms with Crippen LogP contribution in [0, 0.1) is 19.8 Å². The molecule has 1 saturated carbocycles. The van der Waals surface area contributed by atoms with Crippen molar-refractivity contribution >= 4 is 29.9 Å². The summed E-state index contributed by atoms with van der Waals surface area (Å²) in [5, 5.41) is 10.5. The minimum absolute atomic E-state index is 0. The number of hydrogen-bond acceptors (Lipinski definition) is 4. The van der Waals surface area contributed by atoms with E-state index in [-0.39, 0.29) is 24.0 Å². The number of benzene rings is 1. The zero-order chi connectivity index (χ0) is 17.6. The van der Waals surface area contributed by atoms with Crippen LogP contribution >= 0.6 is 24.0 Å². The van der Waals surface area contributed by atoms with E-state index in [0.29, 0.717) is 13.1 Å². The highest BCUT2D eigenvalue weighted by molar-refractivity contribution is 14.0. The third-order valence-corrected chi connectivity index (χ3v) is 4.18. The molecule has 2 N–H and O–H groups in total. The smallest absolute Gasteiger partial charge is 0.191 e. The number of ether oxygens (including phenoxy) is 1. The summed E-state index contributed by atoms with van der Waals surface area (Å²) in [5.74, 6) is 3.22. The standard InChI is InChI=1S/C19H26N4O2.HI/c1-13-4-7-16(18(8-13)24-12-15-5-6-15)10-21-19(20-3)22-11-17-9-14(2)25-23-17;/h4,7-9,15H,5-6,10-12H2,1-3H3,(H2,20,21,22);1H. The number of aryl methyl sites for hydroxylation is 2. The van der Waals surface area contributed by atoms with Crippen molar-refractivity contribution in [1.82, 2.24) is 15.8 Å². The van der Waals surface area contributed by atoms with Crippen LogP contribution in [0.1, 0.15) is 35.4 Å². The zero-order valence-electron chi connectivity index (χ0n) is 15.5. The maximum atomic E-state index is 6.02. The van der Waals surface area contributed by atoms with Crippen LogP contribution < -0.4 is 15.4 Å². The summed E-state index contributed by atoms with van der Waals surface area (Å²) in [7, 11) is 1.75. The normalized spacial score (nSPS) is 13.9. The summed E-state index contributed by atoms with van der Waals surface area (Å²) in [6.45, 7) is 5.99. The number of halogens is 1. The molecule has 7 heteroatoms. The Morgan fingerprint density at radius 3 is 2.65 bits per heavy atom. The van der Waals surface area contributed by atoms with E-state index in [1.165, 1.54) is 18.4 Å². The molecule has 1 aliphatic carbocycles. The van der Waals surface area contributed by atoms with Gasteiger partial charge in [0.2, 0.25) is 0 Å². The van der Waals surface area contributed by atoms with Crippen LogP contribution in [0.25, 0.3) is 0 Å². The van der Waals surface area contributed by atoms with Gasteiger partial charge < -0.3 is 19.9 Å². The Bertz CT molecular complexity index is 741. The first-order valence-electron chi connectivity index (χ1n) is 8.73. The van der Waals surface area contributed by atoms with E-state index in [1.807, 2.05) is 13.0 Å². The SMILES string of the molecule is CN=C(NCc1cc(C)on1)NCc1ccc(C)cc1OCC1CC1.I. The van der Waals surface area contributed by atoms with E-state index in [9.17, 15) is 0 Å². The molecule has 3 rings (SSSR count). The molecular formula is C19H27IN4O2. The molecule has 1 heterocycles. The van der Waals surface area contributed by atoms with Crippen LogP contribution in [0.15, 0.2) is 33.8 Å². The average Bonchev–Trinajstić information content (AvgIpc) is 3.35. The average molecular weight is 470 g/mol. The van der Waals surface area contributed by atoms with E-state index in [4.69, 9.17) is 9.26 Å². The molecule has 0 amide bonds. The highest BCUT2D eigenvalue weighted by Crippen LogP contribution is 2.30. The van der Waals surface area contributed by atoms with Gasteiger partial charge in [-0.15, -0.1) is 24.0 Å². The second-order valence-corrected chi connectivity index (χ2v) is 6.57. The zero-order valence-corrected chi connectivity index (χ0v) is 17.9. The fourth-order valence-electron chi connectivity index (χ4n) is 2.51. The fraction of sp³-hybridized carbons (Fsp3) is 0.474. The Kier molecular flexibility index (Phi) is 7.74. The van der Waals surface area contributed by atoms with Crippen molar-refractivity contribution in [3.63, 3.8) is 0 Å². The molecule has 1 aliphatic rings. The Hall–Kier alpha value is -1.77. The Morgan fingerprint density at radius 2 is 2.00 bits per heavy atom. The topological polar surface area (TPSA) is 71.7 Å². The highest BCUT2D eigenvalue weighted by atomic mass is 127. The summed E-state index contributed by atoms with van der Waals surface area (Å²) in [4.78, 5) is 4.25. The molecule has 142 valence electrons. The van der Waals surface area contributed by atoms with Crippen LogP contribution in [-0.4, -0.2) is 24.8 Å². The van der Waals surface area contributed by atoms with E-state index >= 15 is 0 Å². The summed E-state index contributed by atoms with van der Waals surface area (Å²) in [6, 6.07) is 8.23. The molecule has 1 fully saturated rings. The summed E-state index contributed by atoms with van der Waals surface area (Å²) >= 11 is 0. The Labute approximate surface area is 171 Å². The van der Waals surface area contributed by atoms with Crippen LogP contribution in [0.4, 0.5) is 0 Å². The van der Waals surface area contributed by atoms with Gasteiger partial charge in [-0.1, -0.05) is 17.3 Å². The Morgan fingerprint density at radius 1 is 1.23 bits per heavy atom. The molecule has 0 saturated heterocycles. The van der Waals surface area contributed by atoms with Crippen molar-refractivity contribution in [2.75, 3.05) is 13.7 Å². The molecule has 26 heavy (non-hydrogen) atoms. The number of nitrogens with one attached hydrogen (secondary N) is 2. The van der Waals surface area contributed by atoms with Gasteiger partial charge in [0.15, 0.2) is 5.96 Å². The maximum absolute atomic E-state index is 6.02. The van der Waals surface area contributed by atoms with Gasteiger partial charge in [-0.3, -0.25) is 4.99 Å². The number of nitrogens with zero attached hydrogens (tertiary/aromatic N) is 2. The minimum Gasteiger partial charge on any atom is -0.493 e. The van der Waals surface area contributed by atoms with Crippen LogP contribution in [0.2, 0.25) is 0 Å². The summed E-state index contributed by atoms with van der Waals surface area (Å²) < 4.78 is 11.1. The lowest BCUT2D eigenvalue weighted by Crippen LogP contribution is -2.36. The summed E-state index contributed by atoms with van der Waals surface area (Å²) in [5.41, 5.74) is 3.19. The van der Waals surface area contributed by atoms with Crippen molar-refractivity contribution in [1.29, 1.82) is 0 Å². The van der Waals surface area contributed by atoms with Crippen molar-refractivity contribution in [3.05, 3.63) is 46.8 Å².